The molecule has 21 heteroatoms. The Morgan fingerprint density at radius 2 is 0.644 bits per heavy atom. The average Bonchev–Trinajstić information content (AvgIpc) is 3.02. The molecule has 0 spiro atoms. The third-order valence-corrected chi connectivity index (χ3v) is 8.21. The Kier molecular flexibility index (Phi) is 12.8. The number of hydrogen-bond donors (Lipinski definition) is 14. The fraction of sp³-hybridized carbons (Fsp3) is 1.00. The van der Waals surface area contributed by atoms with E-state index in [9.17, 15) is 71.5 Å². The Hall–Kier alpha value is -0.840. The van der Waals surface area contributed by atoms with Crippen molar-refractivity contribution in [2.45, 2.75) is 123 Å². The van der Waals surface area contributed by atoms with Crippen molar-refractivity contribution >= 4 is 0 Å². The van der Waals surface area contributed by atoms with Crippen molar-refractivity contribution < 1.29 is 105 Å². The number of rotatable bonds is 10. The lowest BCUT2D eigenvalue weighted by molar-refractivity contribution is -0.389. The zero-order valence-electron chi connectivity index (χ0n) is 23.5. The summed E-state index contributed by atoms with van der Waals surface area (Å²) in [7, 11) is 0. The van der Waals surface area contributed by atoms with Crippen LogP contribution in [-0.2, 0) is 33.2 Å². The molecule has 0 radical (unpaired) electrons. The van der Waals surface area contributed by atoms with Crippen molar-refractivity contribution in [2.24, 2.45) is 0 Å². The second kappa shape index (κ2) is 15.6. The summed E-state index contributed by atoms with van der Waals surface area (Å²) in [6.07, 6.45) is -36.1. The van der Waals surface area contributed by atoms with Crippen LogP contribution in [0.1, 0.15) is 0 Å². The Labute approximate surface area is 254 Å². The van der Waals surface area contributed by atoms with Crippen molar-refractivity contribution in [1.29, 1.82) is 0 Å². The van der Waals surface area contributed by atoms with Crippen LogP contribution in [0.3, 0.4) is 0 Å². The largest absolute Gasteiger partial charge is 0.394 e. The summed E-state index contributed by atoms with van der Waals surface area (Å²) in [6, 6.07) is 0. The molecule has 4 saturated heterocycles. The van der Waals surface area contributed by atoms with E-state index in [0.29, 0.717) is 0 Å². The van der Waals surface area contributed by atoms with Gasteiger partial charge in [0.15, 0.2) is 25.2 Å². The van der Waals surface area contributed by atoms with E-state index in [-0.39, 0.29) is 0 Å². The first-order valence-electron chi connectivity index (χ1n) is 14.1. The Morgan fingerprint density at radius 1 is 0.333 bits per heavy atom. The van der Waals surface area contributed by atoms with Crippen LogP contribution < -0.4 is 0 Å². The molecule has 4 rings (SSSR count). The Bertz CT molecular complexity index is 916. The second-order valence-electron chi connectivity index (χ2n) is 11.1. The van der Waals surface area contributed by atoms with Gasteiger partial charge in [0.1, 0.15) is 97.7 Å². The van der Waals surface area contributed by atoms with Gasteiger partial charge in [-0.15, -0.1) is 0 Å². The van der Waals surface area contributed by atoms with Gasteiger partial charge in [0.25, 0.3) is 0 Å². The molecule has 8 unspecified atom stereocenters. The van der Waals surface area contributed by atoms with Crippen LogP contribution in [0, 0.1) is 0 Å². The van der Waals surface area contributed by atoms with Gasteiger partial charge < -0.3 is 105 Å². The minimum absolute atomic E-state index is 0.802. The summed E-state index contributed by atoms with van der Waals surface area (Å²) < 4.78 is 37.5. The van der Waals surface area contributed by atoms with Gasteiger partial charge in [0.2, 0.25) is 0 Å². The quantitative estimate of drug-likeness (QED) is 0.103. The first-order chi connectivity index (χ1) is 21.3. The molecule has 0 aromatic carbocycles. The maximum absolute atomic E-state index is 11.1. The molecule has 4 heterocycles. The normalized spacial score (nSPS) is 52.9. The van der Waals surface area contributed by atoms with Crippen molar-refractivity contribution in [2.75, 3.05) is 26.4 Å². The van der Waals surface area contributed by atoms with Gasteiger partial charge >= 0.3 is 0 Å². The van der Waals surface area contributed by atoms with E-state index in [2.05, 4.69) is 0 Å². The molecule has 45 heavy (non-hydrogen) atoms. The Balaban J connectivity index is 1.53. The number of aliphatic hydroxyl groups is 14. The van der Waals surface area contributed by atoms with Gasteiger partial charge in [-0.3, -0.25) is 0 Å². The third kappa shape index (κ3) is 7.44. The number of aliphatic hydroxyl groups excluding tert-OH is 14. The minimum Gasteiger partial charge on any atom is -0.394 e. The van der Waals surface area contributed by atoms with Gasteiger partial charge in [0, 0.05) is 0 Å². The van der Waals surface area contributed by atoms with Gasteiger partial charge in [-0.2, -0.15) is 0 Å². The van der Waals surface area contributed by atoms with Crippen LogP contribution in [0.5, 0.6) is 0 Å². The Morgan fingerprint density at radius 3 is 1.02 bits per heavy atom. The first-order valence-corrected chi connectivity index (χ1v) is 14.1. The standard InChI is InChI=1S/C24H42O21/c25-1-5-9(29)13(33)14(34)22(40-5)44-19-11(31)7(3-27)42-24(16(19)36)45-20-12(32)8(4-28)41-23(17(20)37)43-18-10(30)6(2-26)39-21(38)15(18)35/h5-38H,1-4H2/t5?,6?,7?,8?,9-,10-,11-,12-,13-,14?,15?,16?,17?,18-,19-,20-,21-,22+,23+,24+/m1/s1. The molecule has 4 aliphatic heterocycles. The lowest BCUT2D eigenvalue weighted by Crippen LogP contribution is -2.67. The fourth-order valence-electron chi connectivity index (χ4n) is 5.53. The minimum atomic E-state index is -2.05. The number of hydrogen-bond acceptors (Lipinski definition) is 21. The fourth-order valence-corrected chi connectivity index (χ4v) is 5.53. The van der Waals surface area contributed by atoms with Gasteiger partial charge in [0.05, 0.1) is 26.4 Å². The molecular formula is C24H42O21. The van der Waals surface area contributed by atoms with Gasteiger partial charge in [-0.1, -0.05) is 0 Å². The predicted octanol–water partition coefficient (Wildman–Crippen LogP) is -9.75. The van der Waals surface area contributed by atoms with Crippen LogP contribution in [0.4, 0.5) is 0 Å². The van der Waals surface area contributed by atoms with Crippen LogP contribution >= 0.6 is 0 Å². The van der Waals surface area contributed by atoms with Crippen molar-refractivity contribution in [3.8, 4) is 0 Å². The smallest absolute Gasteiger partial charge is 0.187 e. The molecule has 0 aromatic heterocycles. The second-order valence-corrected chi connectivity index (χ2v) is 11.1. The molecule has 264 valence electrons. The topological polar surface area (TPSA) is 348 Å². The predicted molar refractivity (Wildman–Crippen MR) is 134 cm³/mol. The summed E-state index contributed by atoms with van der Waals surface area (Å²) >= 11 is 0. The molecule has 0 saturated carbocycles. The summed E-state index contributed by atoms with van der Waals surface area (Å²) in [5, 5.41) is 143. The zero-order valence-corrected chi connectivity index (χ0v) is 23.5. The third-order valence-electron chi connectivity index (χ3n) is 8.21. The molecule has 0 aromatic rings. The van der Waals surface area contributed by atoms with E-state index in [1.54, 1.807) is 0 Å². The van der Waals surface area contributed by atoms with E-state index in [0.717, 1.165) is 0 Å². The highest BCUT2D eigenvalue weighted by Gasteiger charge is 2.55. The molecule has 0 amide bonds. The number of ether oxygens (including phenoxy) is 7. The van der Waals surface area contributed by atoms with E-state index in [4.69, 9.17) is 33.2 Å². The highest BCUT2D eigenvalue weighted by atomic mass is 16.8. The van der Waals surface area contributed by atoms with E-state index >= 15 is 0 Å². The first kappa shape index (κ1) is 37.0. The summed E-state index contributed by atoms with van der Waals surface area (Å²) in [5.74, 6) is 0. The maximum atomic E-state index is 11.1. The molecule has 21 nitrogen and oxygen atoms in total. The lowest BCUT2D eigenvalue weighted by Gasteiger charge is -2.49. The molecular weight excluding hydrogens is 624 g/mol. The monoisotopic (exact) mass is 666 g/mol. The molecule has 4 aliphatic rings. The summed E-state index contributed by atoms with van der Waals surface area (Å²) in [6.45, 7) is -3.42. The van der Waals surface area contributed by atoms with Crippen molar-refractivity contribution in [3.05, 3.63) is 0 Å². The van der Waals surface area contributed by atoms with Gasteiger partial charge in [-0.05, 0) is 0 Å². The molecule has 20 atom stereocenters. The van der Waals surface area contributed by atoms with Crippen LogP contribution in [0.15, 0.2) is 0 Å². The van der Waals surface area contributed by atoms with Crippen LogP contribution in [0.25, 0.3) is 0 Å². The molecule has 4 fully saturated rings. The van der Waals surface area contributed by atoms with E-state index in [1.165, 1.54) is 0 Å². The molecule has 0 aliphatic carbocycles. The maximum Gasteiger partial charge on any atom is 0.187 e. The lowest BCUT2D eigenvalue weighted by atomic mass is 9.95. The summed E-state index contributed by atoms with van der Waals surface area (Å²) in [5.41, 5.74) is 0. The highest BCUT2D eigenvalue weighted by Crippen LogP contribution is 2.34. The van der Waals surface area contributed by atoms with Crippen LogP contribution in [-0.4, -0.2) is 221 Å². The zero-order chi connectivity index (χ0) is 33.3. The van der Waals surface area contributed by atoms with E-state index < -0.39 is 149 Å². The highest BCUT2D eigenvalue weighted by molar-refractivity contribution is 4.97. The van der Waals surface area contributed by atoms with Crippen molar-refractivity contribution in [3.63, 3.8) is 0 Å². The van der Waals surface area contributed by atoms with Crippen molar-refractivity contribution in [1.82, 2.24) is 0 Å². The summed E-state index contributed by atoms with van der Waals surface area (Å²) in [4.78, 5) is 0. The van der Waals surface area contributed by atoms with Gasteiger partial charge in [-0.25, -0.2) is 0 Å². The molecule has 0 bridgehead atoms. The SMILES string of the molecule is OCC1O[C@@H](O[C@H]2C(O)[C@H](O[C@H]3C(O)[C@H](O[C@H]4C(O)[C@H](O)OC(CO)[C@H]4O)OC(CO)[C@H]3O)OC(CO)[C@H]2O)C(O)[C@H](O)[C@@H]1O. The average molecular weight is 667 g/mol. The van der Waals surface area contributed by atoms with Crippen LogP contribution in [0.2, 0.25) is 0 Å². The molecule has 14 N–H and O–H groups in total. The van der Waals surface area contributed by atoms with E-state index in [1.807, 2.05) is 0 Å².